The first-order chi connectivity index (χ1) is 11.5. The van der Waals surface area contributed by atoms with Gasteiger partial charge in [0.05, 0.1) is 17.4 Å². The van der Waals surface area contributed by atoms with Crippen molar-refractivity contribution in [3.63, 3.8) is 0 Å². The van der Waals surface area contributed by atoms with Crippen molar-refractivity contribution in [1.82, 2.24) is 4.98 Å². The molecule has 0 radical (unpaired) electrons. The SMILES string of the molecule is Cl.Cl.NC1(C(=O)Nc2ccc(Oc3ccc(F)cc3)nc2)CCCCC1. The topological polar surface area (TPSA) is 77.2 Å². The molecule has 0 bridgehead atoms. The van der Waals surface area contributed by atoms with Crippen LogP contribution in [0.25, 0.3) is 0 Å². The fraction of sp³-hybridized carbons (Fsp3) is 0.333. The highest BCUT2D eigenvalue weighted by Crippen LogP contribution is 2.27. The Labute approximate surface area is 164 Å². The lowest BCUT2D eigenvalue weighted by Gasteiger charge is -2.31. The van der Waals surface area contributed by atoms with Crippen molar-refractivity contribution in [2.24, 2.45) is 5.73 Å². The highest BCUT2D eigenvalue weighted by Gasteiger charge is 2.35. The van der Waals surface area contributed by atoms with Gasteiger partial charge in [-0.1, -0.05) is 19.3 Å². The van der Waals surface area contributed by atoms with E-state index in [1.165, 1.54) is 30.5 Å². The molecule has 1 fully saturated rings. The smallest absolute Gasteiger partial charge is 0.244 e. The molecule has 5 nitrogen and oxygen atoms in total. The third kappa shape index (κ3) is 5.56. The molecule has 2 aromatic rings. The van der Waals surface area contributed by atoms with Crippen molar-refractivity contribution in [2.45, 2.75) is 37.6 Å². The Morgan fingerprint density at radius 2 is 1.73 bits per heavy atom. The minimum Gasteiger partial charge on any atom is -0.439 e. The van der Waals surface area contributed by atoms with Crippen molar-refractivity contribution >= 4 is 36.4 Å². The maximum Gasteiger partial charge on any atom is 0.244 e. The van der Waals surface area contributed by atoms with Crippen LogP contribution >= 0.6 is 24.8 Å². The number of hydrogen-bond acceptors (Lipinski definition) is 4. The molecule has 1 aromatic heterocycles. The maximum absolute atomic E-state index is 12.9. The fourth-order valence-electron chi connectivity index (χ4n) is 2.80. The normalized spacial score (nSPS) is 15.2. The first-order valence-corrected chi connectivity index (χ1v) is 8.05. The van der Waals surface area contributed by atoms with Gasteiger partial charge in [-0.3, -0.25) is 4.79 Å². The molecule has 0 atom stereocenters. The number of amides is 1. The Kier molecular flexibility index (Phi) is 8.27. The van der Waals surface area contributed by atoms with Crippen LogP contribution in [-0.4, -0.2) is 16.4 Å². The molecule has 26 heavy (non-hydrogen) atoms. The van der Waals surface area contributed by atoms with Gasteiger partial charge in [0, 0.05) is 6.07 Å². The summed E-state index contributed by atoms with van der Waals surface area (Å²) >= 11 is 0. The van der Waals surface area contributed by atoms with E-state index in [-0.39, 0.29) is 36.5 Å². The molecule has 1 saturated carbocycles. The summed E-state index contributed by atoms with van der Waals surface area (Å²) in [7, 11) is 0. The average molecular weight is 402 g/mol. The van der Waals surface area contributed by atoms with Crippen LogP contribution in [0, 0.1) is 5.82 Å². The Morgan fingerprint density at radius 1 is 1.08 bits per heavy atom. The molecular weight excluding hydrogens is 380 g/mol. The number of nitrogens with two attached hydrogens (primary N) is 1. The van der Waals surface area contributed by atoms with Crippen LogP contribution in [-0.2, 0) is 4.79 Å². The zero-order valence-corrected chi connectivity index (χ0v) is 15.7. The minimum atomic E-state index is -0.790. The zero-order valence-electron chi connectivity index (χ0n) is 14.1. The summed E-state index contributed by atoms with van der Waals surface area (Å²) in [6.45, 7) is 0. The monoisotopic (exact) mass is 401 g/mol. The van der Waals surface area contributed by atoms with Gasteiger partial charge in [-0.2, -0.15) is 0 Å². The van der Waals surface area contributed by atoms with Crippen LogP contribution in [0.15, 0.2) is 42.6 Å². The lowest BCUT2D eigenvalue weighted by Crippen LogP contribution is -2.52. The number of nitrogens with one attached hydrogen (secondary N) is 1. The summed E-state index contributed by atoms with van der Waals surface area (Å²) in [6.07, 6.45) is 6.02. The highest BCUT2D eigenvalue weighted by molar-refractivity contribution is 5.97. The molecule has 3 rings (SSSR count). The Balaban J connectivity index is 0.00000169. The summed E-state index contributed by atoms with van der Waals surface area (Å²) in [5.74, 6) is 0.353. The van der Waals surface area contributed by atoms with Crippen LogP contribution < -0.4 is 15.8 Å². The Bertz CT molecular complexity index is 705. The lowest BCUT2D eigenvalue weighted by atomic mass is 9.82. The van der Waals surface area contributed by atoms with Gasteiger partial charge in [-0.15, -0.1) is 24.8 Å². The third-order valence-electron chi connectivity index (χ3n) is 4.23. The van der Waals surface area contributed by atoms with Gasteiger partial charge >= 0.3 is 0 Å². The molecule has 0 saturated heterocycles. The third-order valence-corrected chi connectivity index (χ3v) is 4.23. The molecule has 3 N–H and O–H groups in total. The van der Waals surface area contributed by atoms with Crippen molar-refractivity contribution < 1.29 is 13.9 Å². The molecule has 8 heteroatoms. The molecule has 1 aliphatic carbocycles. The number of benzene rings is 1. The number of rotatable bonds is 4. The van der Waals surface area contributed by atoms with E-state index in [2.05, 4.69) is 10.3 Å². The van der Waals surface area contributed by atoms with Crippen molar-refractivity contribution in [3.05, 3.63) is 48.4 Å². The molecule has 0 unspecified atom stereocenters. The largest absolute Gasteiger partial charge is 0.439 e. The summed E-state index contributed by atoms with van der Waals surface area (Å²) in [5, 5.41) is 2.82. The number of aromatic nitrogens is 1. The van der Waals surface area contributed by atoms with E-state index in [1.807, 2.05) is 0 Å². The van der Waals surface area contributed by atoms with Gasteiger partial charge in [0.1, 0.15) is 11.6 Å². The van der Waals surface area contributed by atoms with Gasteiger partial charge < -0.3 is 15.8 Å². The number of carbonyl (C=O) groups excluding carboxylic acids is 1. The number of pyridine rings is 1. The molecule has 1 amide bonds. The van der Waals surface area contributed by atoms with E-state index < -0.39 is 5.54 Å². The van der Waals surface area contributed by atoms with Crippen LogP contribution in [0.1, 0.15) is 32.1 Å². The number of ether oxygens (including phenoxy) is 1. The Morgan fingerprint density at radius 3 is 2.31 bits per heavy atom. The standard InChI is InChI=1S/C18H20FN3O2.2ClH/c19-13-4-7-15(8-5-13)24-16-9-6-14(12-21-16)22-17(23)18(20)10-2-1-3-11-18;;/h4-9,12H,1-3,10-11,20H2,(H,22,23);2*1H. The number of nitrogens with zero attached hydrogens (tertiary/aromatic N) is 1. The quantitative estimate of drug-likeness (QED) is 0.792. The second-order valence-electron chi connectivity index (χ2n) is 6.11. The van der Waals surface area contributed by atoms with Crippen molar-refractivity contribution in [3.8, 4) is 11.6 Å². The second kappa shape index (κ2) is 9.71. The number of halogens is 3. The van der Waals surface area contributed by atoms with Gasteiger partial charge in [0.2, 0.25) is 11.8 Å². The van der Waals surface area contributed by atoms with Gasteiger partial charge in [0.25, 0.3) is 0 Å². The van der Waals surface area contributed by atoms with Gasteiger partial charge in [0.15, 0.2) is 0 Å². The van der Waals surface area contributed by atoms with E-state index in [4.69, 9.17) is 10.5 Å². The average Bonchev–Trinajstić information content (AvgIpc) is 2.59. The second-order valence-corrected chi connectivity index (χ2v) is 6.11. The molecule has 142 valence electrons. The molecule has 1 heterocycles. The van der Waals surface area contributed by atoms with E-state index in [9.17, 15) is 9.18 Å². The summed E-state index contributed by atoms with van der Waals surface area (Å²) < 4.78 is 18.4. The molecular formula is C18H22Cl2FN3O2. The fourth-order valence-corrected chi connectivity index (χ4v) is 2.80. The van der Waals surface area contributed by atoms with Crippen molar-refractivity contribution in [2.75, 3.05) is 5.32 Å². The number of anilines is 1. The summed E-state index contributed by atoms with van der Waals surface area (Å²) in [5.41, 5.74) is 5.99. The Hall–Kier alpha value is -1.89. The molecule has 0 aliphatic heterocycles. The lowest BCUT2D eigenvalue weighted by molar-refractivity contribution is -0.122. The predicted octanol–water partition coefficient (Wildman–Crippen LogP) is 4.46. The van der Waals surface area contributed by atoms with E-state index >= 15 is 0 Å². The number of hydrogen-bond donors (Lipinski definition) is 2. The minimum absolute atomic E-state index is 0. The van der Waals surface area contributed by atoms with E-state index in [1.54, 1.807) is 12.1 Å². The number of carbonyl (C=O) groups is 1. The van der Waals surface area contributed by atoms with Crippen LogP contribution in [0.3, 0.4) is 0 Å². The summed E-state index contributed by atoms with van der Waals surface area (Å²) in [6, 6.07) is 9.02. The van der Waals surface area contributed by atoms with Crippen LogP contribution in [0.2, 0.25) is 0 Å². The first kappa shape index (κ1) is 22.2. The van der Waals surface area contributed by atoms with E-state index in [0.29, 0.717) is 30.2 Å². The van der Waals surface area contributed by atoms with Gasteiger partial charge in [-0.25, -0.2) is 9.37 Å². The van der Waals surface area contributed by atoms with Crippen molar-refractivity contribution in [1.29, 1.82) is 0 Å². The maximum atomic E-state index is 12.9. The molecule has 1 aliphatic rings. The van der Waals surface area contributed by atoms with Crippen LogP contribution in [0.5, 0.6) is 11.6 Å². The molecule has 0 spiro atoms. The highest BCUT2D eigenvalue weighted by atomic mass is 35.5. The first-order valence-electron chi connectivity index (χ1n) is 8.05. The predicted molar refractivity (Wildman–Crippen MR) is 104 cm³/mol. The van der Waals surface area contributed by atoms with E-state index in [0.717, 1.165) is 19.3 Å². The zero-order chi connectivity index (χ0) is 17.0. The molecule has 1 aromatic carbocycles. The summed E-state index contributed by atoms with van der Waals surface area (Å²) in [4.78, 5) is 16.5. The van der Waals surface area contributed by atoms with Crippen LogP contribution in [0.4, 0.5) is 10.1 Å². The van der Waals surface area contributed by atoms with Gasteiger partial charge in [-0.05, 0) is 43.2 Å².